The van der Waals surface area contributed by atoms with Crippen LogP contribution in [0.1, 0.15) is 5.56 Å². The molecule has 0 aliphatic carbocycles. The highest BCUT2D eigenvalue weighted by Crippen LogP contribution is 2.24. The summed E-state index contributed by atoms with van der Waals surface area (Å²) in [7, 11) is 0. The van der Waals surface area contributed by atoms with Crippen LogP contribution in [0.25, 0.3) is 0 Å². The van der Waals surface area contributed by atoms with Gasteiger partial charge in [-0.2, -0.15) is 0 Å². The fourth-order valence-corrected chi connectivity index (χ4v) is 0.925. The molecule has 0 atom stereocenters. The van der Waals surface area contributed by atoms with Gasteiger partial charge in [0.1, 0.15) is 0 Å². The number of aromatic hydroxyl groups is 2. The van der Waals surface area contributed by atoms with Crippen molar-refractivity contribution in [2.24, 2.45) is 0 Å². The van der Waals surface area contributed by atoms with Crippen molar-refractivity contribution in [2.45, 2.75) is 6.42 Å². The Kier molecular flexibility index (Phi) is 2.90. The summed E-state index contributed by atoms with van der Waals surface area (Å²) in [4.78, 5) is 0. The van der Waals surface area contributed by atoms with Crippen LogP contribution in [0, 0.1) is 0 Å². The summed E-state index contributed by atoms with van der Waals surface area (Å²) < 4.78 is 0. The van der Waals surface area contributed by atoms with E-state index in [0.29, 0.717) is 13.0 Å². The maximum atomic E-state index is 9.07. The Hall–Kier alpha value is -1.26. The van der Waals surface area contributed by atoms with Crippen LogP contribution in [0.4, 0.5) is 0 Å². The number of phenols is 2. The summed E-state index contributed by atoms with van der Waals surface area (Å²) in [6.45, 7) is 0.421. The third kappa shape index (κ3) is 2.11. The van der Waals surface area contributed by atoms with Gasteiger partial charge in [0, 0.05) is 6.54 Å². The Morgan fingerprint density at radius 2 is 1.92 bits per heavy atom. The molecule has 0 saturated heterocycles. The highest BCUT2D eigenvalue weighted by atomic mass is 16.5. The monoisotopic (exact) mass is 169 g/mol. The van der Waals surface area contributed by atoms with Crippen LogP contribution in [0.3, 0.4) is 0 Å². The summed E-state index contributed by atoms with van der Waals surface area (Å²) in [5.41, 5.74) is 2.86. The smallest absolute Gasteiger partial charge is 0.157 e. The van der Waals surface area contributed by atoms with Gasteiger partial charge in [0.05, 0.1) is 0 Å². The van der Waals surface area contributed by atoms with Gasteiger partial charge < -0.3 is 15.4 Å². The Morgan fingerprint density at radius 1 is 1.17 bits per heavy atom. The van der Waals surface area contributed by atoms with Crippen LogP contribution in [0.5, 0.6) is 11.5 Å². The van der Waals surface area contributed by atoms with E-state index in [-0.39, 0.29) is 11.5 Å². The highest BCUT2D eigenvalue weighted by molar-refractivity contribution is 5.40. The van der Waals surface area contributed by atoms with Crippen molar-refractivity contribution in [1.82, 2.24) is 5.48 Å². The molecule has 4 N–H and O–H groups in total. The van der Waals surface area contributed by atoms with Gasteiger partial charge in [-0.15, -0.1) is 0 Å². The van der Waals surface area contributed by atoms with Crippen molar-refractivity contribution in [1.29, 1.82) is 0 Å². The van der Waals surface area contributed by atoms with Gasteiger partial charge in [0.15, 0.2) is 11.5 Å². The first-order chi connectivity index (χ1) is 5.74. The molecule has 0 spiro atoms. The normalized spacial score (nSPS) is 10.1. The standard InChI is InChI=1S/C8H11NO3/c10-7-2-1-6(3-4-9-12)5-8(7)11/h1-2,5,9-12H,3-4H2. The van der Waals surface area contributed by atoms with Crippen LogP contribution in [-0.4, -0.2) is 22.0 Å². The average Bonchev–Trinajstić information content (AvgIpc) is 2.07. The minimum absolute atomic E-state index is 0.129. The van der Waals surface area contributed by atoms with Crippen molar-refractivity contribution < 1.29 is 15.4 Å². The maximum absolute atomic E-state index is 9.07. The van der Waals surface area contributed by atoms with E-state index >= 15 is 0 Å². The van der Waals surface area contributed by atoms with Crippen LogP contribution < -0.4 is 5.48 Å². The van der Waals surface area contributed by atoms with E-state index in [4.69, 9.17) is 15.4 Å². The van der Waals surface area contributed by atoms with Gasteiger partial charge in [0.25, 0.3) is 0 Å². The van der Waals surface area contributed by atoms with E-state index < -0.39 is 0 Å². The molecular formula is C8H11NO3. The minimum Gasteiger partial charge on any atom is -0.504 e. The van der Waals surface area contributed by atoms with E-state index in [2.05, 4.69) is 0 Å². The van der Waals surface area contributed by atoms with E-state index in [1.54, 1.807) is 6.07 Å². The van der Waals surface area contributed by atoms with Gasteiger partial charge in [-0.05, 0) is 24.1 Å². The third-order valence-corrected chi connectivity index (χ3v) is 1.57. The first-order valence-corrected chi connectivity index (χ1v) is 3.62. The number of nitrogens with one attached hydrogen (secondary N) is 1. The molecule has 0 aliphatic rings. The quantitative estimate of drug-likeness (QED) is 0.395. The van der Waals surface area contributed by atoms with Crippen molar-refractivity contribution in [2.75, 3.05) is 6.54 Å². The van der Waals surface area contributed by atoms with Crippen molar-refractivity contribution in [3.8, 4) is 11.5 Å². The molecule has 0 amide bonds. The number of hydroxylamine groups is 1. The lowest BCUT2D eigenvalue weighted by Gasteiger charge is -2.01. The summed E-state index contributed by atoms with van der Waals surface area (Å²) in [6, 6.07) is 4.57. The SMILES string of the molecule is ONCCc1ccc(O)c(O)c1. The minimum atomic E-state index is -0.134. The summed E-state index contributed by atoms with van der Waals surface area (Å²) in [5.74, 6) is -0.263. The predicted molar refractivity (Wildman–Crippen MR) is 43.3 cm³/mol. The lowest BCUT2D eigenvalue weighted by Crippen LogP contribution is -2.10. The molecule has 1 aromatic carbocycles. The molecule has 0 radical (unpaired) electrons. The number of phenolic OH excluding ortho intramolecular Hbond substituents is 2. The second kappa shape index (κ2) is 3.94. The molecule has 12 heavy (non-hydrogen) atoms. The molecule has 0 fully saturated rings. The predicted octanol–water partition coefficient (Wildman–Crippen LogP) is 0.619. The molecule has 0 saturated carbocycles. The van der Waals surface area contributed by atoms with Gasteiger partial charge in [-0.25, -0.2) is 5.48 Å². The lowest BCUT2D eigenvalue weighted by atomic mass is 10.1. The lowest BCUT2D eigenvalue weighted by molar-refractivity contribution is 0.168. The largest absolute Gasteiger partial charge is 0.504 e. The second-order valence-electron chi connectivity index (χ2n) is 2.48. The molecular weight excluding hydrogens is 158 g/mol. The Morgan fingerprint density at radius 3 is 2.50 bits per heavy atom. The average molecular weight is 169 g/mol. The molecule has 1 aromatic rings. The number of hydrogen-bond donors (Lipinski definition) is 4. The highest BCUT2D eigenvalue weighted by Gasteiger charge is 1.99. The number of hydrogen-bond acceptors (Lipinski definition) is 4. The molecule has 0 unspecified atom stereocenters. The number of benzene rings is 1. The van der Waals surface area contributed by atoms with Crippen LogP contribution in [0.15, 0.2) is 18.2 Å². The van der Waals surface area contributed by atoms with Crippen LogP contribution in [0.2, 0.25) is 0 Å². The molecule has 0 heterocycles. The molecule has 4 nitrogen and oxygen atoms in total. The maximum Gasteiger partial charge on any atom is 0.157 e. The Balaban J connectivity index is 2.69. The zero-order chi connectivity index (χ0) is 8.97. The molecule has 0 aliphatic heterocycles. The third-order valence-electron chi connectivity index (χ3n) is 1.57. The number of rotatable bonds is 3. The molecule has 1 rings (SSSR count). The van der Waals surface area contributed by atoms with Gasteiger partial charge >= 0.3 is 0 Å². The second-order valence-corrected chi connectivity index (χ2v) is 2.48. The summed E-state index contributed by atoms with van der Waals surface area (Å²) >= 11 is 0. The van der Waals surface area contributed by atoms with Gasteiger partial charge in [-0.3, -0.25) is 0 Å². The molecule has 4 heteroatoms. The molecule has 66 valence electrons. The van der Waals surface area contributed by atoms with Crippen molar-refractivity contribution in [3.05, 3.63) is 23.8 Å². The van der Waals surface area contributed by atoms with E-state index in [9.17, 15) is 0 Å². The van der Waals surface area contributed by atoms with Crippen molar-refractivity contribution in [3.63, 3.8) is 0 Å². The fourth-order valence-electron chi connectivity index (χ4n) is 0.925. The molecule has 0 aromatic heterocycles. The Labute approximate surface area is 70.0 Å². The first kappa shape index (κ1) is 8.83. The topological polar surface area (TPSA) is 72.7 Å². The van der Waals surface area contributed by atoms with Gasteiger partial charge in [-0.1, -0.05) is 6.07 Å². The van der Waals surface area contributed by atoms with Crippen LogP contribution in [-0.2, 0) is 6.42 Å². The van der Waals surface area contributed by atoms with Crippen LogP contribution >= 0.6 is 0 Å². The zero-order valence-corrected chi connectivity index (χ0v) is 6.49. The Bertz CT molecular complexity index is 262. The zero-order valence-electron chi connectivity index (χ0n) is 6.49. The van der Waals surface area contributed by atoms with Crippen molar-refractivity contribution >= 4 is 0 Å². The van der Waals surface area contributed by atoms with Gasteiger partial charge in [0.2, 0.25) is 0 Å². The summed E-state index contributed by atoms with van der Waals surface area (Å²) in [5, 5.41) is 26.3. The van der Waals surface area contributed by atoms with E-state index in [0.717, 1.165) is 5.56 Å². The first-order valence-electron chi connectivity index (χ1n) is 3.62. The summed E-state index contributed by atoms with van der Waals surface area (Å²) in [6.07, 6.45) is 0.602. The fraction of sp³-hybridized carbons (Fsp3) is 0.250. The van der Waals surface area contributed by atoms with E-state index in [1.165, 1.54) is 12.1 Å². The molecule has 0 bridgehead atoms. The van der Waals surface area contributed by atoms with E-state index in [1.807, 2.05) is 5.48 Å².